The molecule has 0 bridgehead atoms. The van der Waals surface area contributed by atoms with Crippen LogP contribution in [0.2, 0.25) is 0 Å². The highest BCUT2D eigenvalue weighted by Crippen LogP contribution is 2.39. The van der Waals surface area contributed by atoms with Crippen LogP contribution in [0.25, 0.3) is 5.69 Å². The Morgan fingerprint density at radius 3 is 2.62 bits per heavy atom. The fourth-order valence-corrected chi connectivity index (χ4v) is 3.59. The van der Waals surface area contributed by atoms with E-state index in [4.69, 9.17) is 4.74 Å². The summed E-state index contributed by atoms with van der Waals surface area (Å²) in [6.45, 7) is 1.59. The summed E-state index contributed by atoms with van der Waals surface area (Å²) in [5.41, 5.74) is 3.68. The van der Waals surface area contributed by atoms with E-state index in [1.165, 1.54) is 0 Å². The number of esters is 1. The zero-order valence-corrected chi connectivity index (χ0v) is 17.5. The number of ether oxygens (including phenoxy) is 1. The zero-order chi connectivity index (χ0) is 20.4. The number of carbonyl (C=O) groups excluding carboxylic acids is 2. The molecule has 1 fully saturated rings. The van der Waals surface area contributed by atoms with Crippen LogP contribution in [0.1, 0.15) is 40.5 Å². The van der Waals surface area contributed by atoms with E-state index in [0.717, 1.165) is 34.3 Å². The van der Waals surface area contributed by atoms with Crippen LogP contribution in [0.3, 0.4) is 0 Å². The highest BCUT2D eigenvalue weighted by atomic mass is 79.9. The van der Waals surface area contributed by atoms with Gasteiger partial charge in [-0.25, -0.2) is 9.48 Å². The summed E-state index contributed by atoms with van der Waals surface area (Å²) in [6, 6.07) is 16.8. The monoisotopic (exact) mass is 453 g/mol. The number of nitrogens with zero attached hydrogens (tertiary/aromatic N) is 2. The van der Waals surface area contributed by atoms with Crippen LogP contribution < -0.4 is 5.32 Å². The number of nitrogens with one attached hydrogen (secondary N) is 1. The van der Waals surface area contributed by atoms with Gasteiger partial charge in [-0.2, -0.15) is 5.10 Å². The highest BCUT2D eigenvalue weighted by Gasteiger charge is 2.29. The number of aryl methyl sites for hydroxylation is 1. The van der Waals surface area contributed by atoms with Gasteiger partial charge in [0, 0.05) is 10.4 Å². The number of benzene rings is 2. The zero-order valence-electron chi connectivity index (χ0n) is 15.9. The summed E-state index contributed by atoms with van der Waals surface area (Å²) >= 11 is 3.42. The summed E-state index contributed by atoms with van der Waals surface area (Å²) < 4.78 is 7.63. The summed E-state index contributed by atoms with van der Waals surface area (Å²) in [5.74, 6) is -0.587. The summed E-state index contributed by atoms with van der Waals surface area (Å²) in [5, 5.41) is 7.33. The van der Waals surface area contributed by atoms with Gasteiger partial charge in [-0.05, 0) is 71.6 Å². The predicted octanol–water partition coefficient (Wildman–Crippen LogP) is 4.62. The topological polar surface area (TPSA) is 73.2 Å². The summed E-state index contributed by atoms with van der Waals surface area (Å²) in [4.78, 5) is 24.9. The highest BCUT2D eigenvalue weighted by molar-refractivity contribution is 9.10. The average molecular weight is 454 g/mol. The lowest BCUT2D eigenvalue weighted by atomic mass is 10.2. The van der Waals surface area contributed by atoms with Crippen molar-refractivity contribution in [3.63, 3.8) is 0 Å². The minimum Gasteiger partial charge on any atom is -0.451 e. The Bertz CT molecular complexity index is 1060. The molecule has 3 aromatic rings. The quantitative estimate of drug-likeness (QED) is 0.552. The second-order valence-corrected chi connectivity index (χ2v) is 7.94. The Balaban J connectivity index is 1.46. The third kappa shape index (κ3) is 4.56. The van der Waals surface area contributed by atoms with Crippen molar-refractivity contribution in [1.82, 2.24) is 9.78 Å². The fourth-order valence-electron chi connectivity index (χ4n) is 3.00. The maximum absolute atomic E-state index is 12.7. The van der Waals surface area contributed by atoms with Crippen molar-refractivity contribution < 1.29 is 14.3 Å². The van der Waals surface area contributed by atoms with Gasteiger partial charge in [-0.3, -0.25) is 4.79 Å². The van der Waals surface area contributed by atoms with E-state index < -0.39 is 11.9 Å². The molecule has 0 spiro atoms. The average Bonchev–Trinajstić information content (AvgIpc) is 3.47. The molecule has 1 saturated carbocycles. The van der Waals surface area contributed by atoms with E-state index in [1.807, 2.05) is 49.4 Å². The Morgan fingerprint density at radius 1 is 1.17 bits per heavy atom. The third-order valence-corrected chi connectivity index (χ3v) is 5.32. The lowest BCUT2D eigenvalue weighted by Crippen LogP contribution is -2.22. The number of carbonyl (C=O) groups is 2. The molecule has 7 heteroatoms. The molecule has 148 valence electrons. The van der Waals surface area contributed by atoms with Crippen LogP contribution in [0, 0.1) is 6.92 Å². The molecule has 1 N–H and O–H groups in total. The minimum atomic E-state index is -0.577. The van der Waals surface area contributed by atoms with Crippen LogP contribution >= 0.6 is 15.9 Å². The molecule has 1 aliphatic rings. The van der Waals surface area contributed by atoms with Gasteiger partial charge in [0.25, 0.3) is 5.91 Å². The van der Waals surface area contributed by atoms with Gasteiger partial charge in [0.1, 0.15) is 0 Å². The van der Waals surface area contributed by atoms with E-state index in [0.29, 0.717) is 17.3 Å². The van der Waals surface area contributed by atoms with Crippen LogP contribution in [-0.2, 0) is 9.53 Å². The normalized spacial score (nSPS) is 13.2. The van der Waals surface area contributed by atoms with Crippen LogP contribution in [0.15, 0.2) is 59.1 Å². The molecule has 29 heavy (non-hydrogen) atoms. The van der Waals surface area contributed by atoms with Gasteiger partial charge in [0.15, 0.2) is 12.3 Å². The van der Waals surface area contributed by atoms with Crippen molar-refractivity contribution in [1.29, 1.82) is 0 Å². The first-order valence-electron chi connectivity index (χ1n) is 9.40. The number of hydrogen-bond donors (Lipinski definition) is 1. The van der Waals surface area contributed by atoms with Crippen LogP contribution in [-0.4, -0.2) is 28.3 Å². The van der Waals surface area contributed by atoms with Crippen molar-refractivity contribution >= 4 is 33.5 Å². The molecular weight excluding hydrogens is 434 g/mol. The van der Waals surface area contributed by atoms with Crippen molar-refractivity contribution in [3.8, 4) is 5.69 Å². The summed E-state index contributed by atoms with van der Waals surface area (Å²) in [6.07, 6.45) is 2.16. The third-order valence-electron chi connectivity index (χ3n) is 4.67. The molecule has 0 aliphatic heterocycles. The molecule has 0 radical (unpaired) electrons. The number of amides is 1. The molecule has 4 rings (SSSR count). The van der Waals surface area contributed by atoms with E-state index in [-0.39, 0.29) is 6.61 Å². The van der Waals surface area contributed by atoms with E-state index in [9.17, 15) is 9.59 Å². The molecule has 0 unspecified atom stereocenters. The Labute approximate surface area is 177 Å². The predicted molar refractivity (Wildman–Crippen MR) is 113 cm³/mol. The smallest absolute Gasteiger partial charge is 0.357 e. The van der Waals surface area contributed by atoms with E-state index >= 15 is 0 Å². The molecule has 1 amide bonds. The lowest BCUT2D eigenvalue weighted by molar-refractivity contribution is -0.119. The Morgan fingerprint density at radius 2 is 1.93 bits per heavy atom. The van der Waals surface area contributed by atoms with Gasteiger partial charge >= 0.3 is 5.97 Å². The van der Waals surface area contributed by atoms with Crippen molar-refractivity contribution in [2.45, 2.75) is 25.7 Å². The lowest BCUT2D eigenvalue weighted by Gasteiger charge is -2.10. The van der Waals surface area contributed by atoms with Gasteiger partial charge in [-0.1, -0.05) is 24.3 Å². The van der Waals surface area contributed by atoms with Gasteiger partial charge in [-0.15, -0.1) is 0 Å². The van der Waals surface area contributed by atoms with Gasteiger partial charge in [0.05, 0.1) is 17.1 Å². The van der Waals surface area contributed by atoms with Crippen molar-refractivity contribution in [3.05, 3.63) is 76.0 Å². The standard InChI is InChI=1S/C22H20BrN3O3/c1-14-7-10-18(17(23)11-14)24-21(27)13-29-22(28)20-12-19(15-8-9-15)25-26(20)16-5-3-2-4-6-16/h2-7,10-12,15H,8-9,13H2,1H3,(H,24,27). The Hall–Kier alpha value is -2.93. The van der Waals surface area contributed by atoms with E-state index in [2.05, 4.69) is 26.3 Å². The van der Waals surface area contributed by atoms with Crippen LogP contribution in [0.5, 0.6) is 0 Å². The first-order valence-corrected chi connectivity index (χ1v) is 10.2. The van der Waals surface area contributed by atoms with Gasteiger partial charge < -0.3 is 10.1 Å². The van der Waals surface area contributed by atoms with Crippen molar-refractivity contribution in [2.75, 3.05) is 11.9 Å². The number of rotatable bonds is 6. The molecule has 1 heterocycles. The number of halogens is 1. The summed E-state index contributed by atoms with van der Waals surface area (Å²) in [7, 11) is 0. The molecule has 0 atom stereocenters. The molecule has 1 aromatic heterocycles. The first-order chi connectivity index (χ1) is 14.0. The molecule has 0 saturated heterocycles. The largest absolute Gasteiger partial charge is 0.451 e. The Kier molecular flexibility index (Phi) is 5.49. The van der Waals surface area contributed by atoms with E-state index in [1.54, 1.807) is 16.8 Å². The number of para-hydroxylation sites is 1. The number of anilines is 1. The SMILES string of the molecule is Cc1ccc(NC(=O)COC(=O)c2cc(C3CC3)nn2-c2ccccc2)c(Br)c1. The number of aromatic nitrogens is 2. The minimum absolute atomic E-state index is 0.322. The molecule has 2 aromatic carbocycles. The first kappa shape index (κ1) is 19.4. The molecule has 6 nitrogen and oxygen atoms in total. The molecule has 1 aliphatic carbocycles. The fraction of sp³-hybridized carbons (Fsp3) is 0.227. The van der Waals surface area contributed by atoms with Crippen molar-refractivity contribution in [2.24, 2.45) is 0 Å². The number of hydrogen-bond acceptors (Lipinski definition) is 4. The second-order valence-electron chi connectivity index (χ2n) is 7.08. The van der Waals surface area contributed by atoms with Crippen LogP contribution in [0.4, 0.5) is 5.69 Å². The maximum Gasteiger partial charge on any atom is 0.357 e. The maximum atomic E-state index is 12.7. The second kappa shape index (κ2) is 8.21. The van der Waals surface area contributed by atoms with Gasteiger partial charge in [0.2, 0.25) is 0 Å². The molecular formula is C22H20BrN3O3.